The minimum atomic E-state index is -3.25. The molecule has 27 heavy (non-hydrogen) atoms. The zero-order valence-corrected chi connectivity index (χ0v) is 16.2. The molecule has 0 atom stereocenters. The number of ether oxygens (including phenoxy) is 2. The molecular formula is C20H23NO5S. The van der Waals surface area contributed by atoms with Crippen LogP contribution in [0.1, 0.15) is 32.3 Å². The van der Waals surface area contributed by atoms with Gasteiger partial charge in [0.1, 0.15) is 11.4 Å². The maximum absolute atomic E-state index is 12.2. The van der Waals surface area contributed by atoms with E-state index in [4.69, 9.17) is 9.47 Å². The Bertz CT molecular complexity index is 923. The lowest BCUT2D eigenvalue weighted by Gasteiger charge is -2.32. The predicted molar refractivity (Wildman–Crippen MR) is 103 cm³/mol. The van der Waals surface area contributed by atoms with Gasteiger partial charge in [0.25, 0.3) is 0 Å². The van der Waals surface area contributed by atoms with Crippen molar-refractivity contribution in [3.8, 4) is 5.75 Å². The van der Waals surface area contributed by atoms with E-state index < -0.39 is 21.5 Å². The van der Waals surface area contributed by atoms with Crippen LogP contribution < -0.4 is 10.1 Å². The van der Waals surface area contributed by atoms with Gasteiger partial charge < -0.3 is 9.47 Å². The third kappa shape index (κ3) is 4.60. The Kier molecular flexibility index (Phi) is 5.41. The van der Waals surface area contributed by atoms with Crippen molar-refractivity contribution in [2.75, 3.05) is 17.7 Å². The molecule has 0 spiro atoms. The highest BCUT2D eigenvalue weighted by Crippen LogP contribution is 2.37. The third-order valence-electron chi connectivity index (χ3n) is 4.40. The zero-order valence-electron chi connectivity index (χ0n) is 15.4. The lowest BCUT2D eigenvalue weighted by molar-refractivity contribution is 0.0418. The lowest BCUT2D eigenvalue weighted by Crippen LogP contribution is -2.34. The number of nitrogens with one attached hydrogen (secondary N) is 1. The van der Waals surface area contributed by atoms with E-state index in [1.807, 2.05) is 19.9 Å². The van der Waals surface area contributed by atoms with Crippen LogP contribution in [-0.2, 0) is 20.2 Å². The van der Waals surface area contributed by atoms with Crippen LogP contribution >= 0.6 is 0 Å². The van der Waals surface area contributed by atoms with E-state index in [1.54, 1.807) is 42.5 Å². The van der Waals surface area contributed by atoms with Gasteiger partial charge >= 0.3 is 6.09 Å². The van der Waals surface area contributed by atoms with Crippen molar-refractivity contribution in [1.82, 2.24) is 0 Å². The van der Waals surface area contributed by atoms with Crippen LogP contribution in [0.25, 0.3) is 0 Å². The van der Waals surface area contributed by atoms with Crippen molar-refractivity contribution < 1.29 is 22.7 Å². The Morgan fingerprint density at radius 2 is 1.81 bits per heavy atom. The number of carbonyl (C=O) groups is 1. The summed E-state index contributed by atoms with van der Waals surface area (Å²) in [6.45, 7) is 4.06. The van der Waals surface area contributed by atoms with Gasteiger partial charge in [-0.05, 0) is 57.0 Å². The summed E-state index contributed by atoms with van der Waals surface area (Å²) < 4.78 is 35.5. The first-order chi connectivity index (χ1) is 12.8. The van der Waals surface area contributed by atoms with Crippen LogP contribution in [-0.4, -0.2) is 26.9 Å². The highest BCUT2D eigenvalue weighted by molar-refractivity contribution is 7.91. The van der Waals surface area contributed by atoms with Gasteiger partial charge in [0.05, 0.1) is 22.9 Å². The van der Waals surface area contributed by atoms with E-state index in [-0.39, 0.29) is 5.75 Å². The summed E-state index contributed by atoms with van der Waals surface area (Å²) >= 11 is 0. The fourth-order valence-corrected chi connectivity index (χ4v) is 4.36. The molecule has 1 aliphatic heterocycles. The Morgan fingerprint density at radius 3 is 2.56 bits per heavy atom. The molecule has 1 N–H and O–H groups in total. The standard InChI is InChI=1S/C20H23NO5S/c1-20(2)17-14-15(10-11-18(17)21-19(22)26-20)25-12-6-7-13-27(23,24)16-8-4-3-5-9-16/h3-5,8-11,14H,6-7,12-13H2,1-2H3,(H,21,22). The second-order valence-corrected chi connectivity index (χ2v) is 9.03. The second-order valence-electron chi connectivity index (χ2n) is 6.92. The van der Waals surface area contributed by atoms with E-state index >= 15 is 0 Å². The van der Waals surface area contributed by atoms with E-state index in [0.717, 1.165) is 5.56 Å². The Hall–Kier alpha value is -2.54. The Labute approximate surface area is 159 Å². The normalized spacial score (nSPS) is 15.4. The van der Waals surface area contributed by atoms with Crippen molar-refractivity contribution in [1.29, 1.82) is 0 Å². The molecule has 1 amide bonds. The maximum atomic E-state index is 12.2. The molecule has 6 nitrogen and oxygen atoms in total. The summed E-state index contributed by atoms with van der Waals surface area (Å²) in [5, 5.41) is 2.67. The van der Waals surface area contributed by atoms with Gasteiger partial charge in [-0.2, -0.15) is 0 Å². The summed E-state index contributed by atoms with van der Waals surface area (Å²) in [4.78, 5) is 11.9. The van der Waals surface area contributed by atoms with Gasteiger partial charge in [0, 0.05) is 5.56 Å². The molecule has 144 valence electrons. The van der Waals surface area contributed by atoms with E-state index in [0.29, 0.717) is 35.8 Å². The molecule has 0 unspecified atom stereocenters. The number of hydrogen-bond acceptors (Lipinski definition) is 5. The van der Waals surface area contributed by atoms with Crippen LogP contribution in [0.4, 0.5) is 10.5 Å². The number of cyclic esters (lactones) is 1. The van der Waals surface area contributed by atoms with Gasteiger partial charge in [-0.15, -0.1) is 0 Å². The average molecular weight is 389 g/mol. The fourth-order valence-electron chi connectivity index (χ4n) is 2.97. The van der Waals surface area contributed by atoms with Crippen molar-refractivity contribution in [3.63, 3.8) is 0 Å². The van der Waals surface area contributed by atoms with E-state index in [2.05, 4.69) is 5.32 Å². The van der Waals surface area contributed by atoms with Crippen molar-refractivity contribution in [2.24, 2.45) is 0 Å². The zero-order chi connectivity index (χ0) is 19.5. The van der Waals surface area contributed by atoms with Gasteiger partial charge in [-0.3, -0.25) is 5.32 Å². The molecule has 2 aromatic carbocycles. The molecule has 0 aliphatic carbocycles. The van der Waals surface area contributed by atoms with Crippen molar-refractivity contribution >= 4 is 21.6 Å². The molecule has 2 aromatic rings. The van der Waals surface area contributed by atoms with Crippen LogP contribution in [0.15, 0.2) is 53.4 Å². The number of hydrogen-bond donors (Lipinski definition) is 1. The first-order valence-corrected chi connectivity index (χ1v) is 10.5. The van der Waals surface area contributed by atoms with Crippen molar-refractivity contribution in [3.05, 3.63) is 54.1 Å². The first kappa shape index (κ1) is 19.2. The molecule has 0 fully saturated rings. The molecule has 3 rings (SSSR count). The van der Waals surface area contributed by atoms with Crippen LogP contribution in [0.3, 0.4) is 0 Å². The number of benzene rings is 2. The van der Waals surface area contributed by atoms with Crippen LogP contribution in [0.2, 0.25) is 0 Å². The van der Waals surface area contributed by atoms with Gasteiger partial charge in [0.15, 0.2) is 9.84 Å². The van der Waals surface area contributed by atoms with Gasteiger partial charge in [-0.25, -0.2) is 13.2 Å². The van der Waals surface area contributed by atoms with Crippen molar-refractivity contribution in [2.45, 2.75) is 37.2 Å². The summed E-state index contributed by atoms with van der Waals surface area (Å²) in [5.41, 5.74) is 0.810. The first-order valence-electron chi connectivity index (χ1n) is 8.83. The quantitative estimate of drug-likeness (QED) is 0.721. The summed E-state index contributed by atoms with van der Waals surface area (Å²) in [7, 11) is -3.25. The van der Waals surface area contributed by atoms with E-state index in [1.165, 1.54) is 0 Å². The van der Waals surface area contributed by atoms with E-state index in [9.17, 15) is 13.2 Å². The molecular weight excluding hydrogens is 366 g/mol. The lowest BCUT2D eigenvalue weighted by atomic mass is 9.94. The van der Waals surface area contributed by atoms with Crippen LogP contribution in [0, 0.1) is 0 Å². The summed E-state index contributed by atoms with van der Waals surface area (Å²) in [6, 6.07) is 13.9. The fraction of sp³-hybridized carbons (Fsp3) is 0.350. The number of anilines is 1. The number of fused-ring (bicyclic) bond motifs is 1. The monoisotopic (exact) mass is 389 g/mol. The highest BCUT2D eigenvalue weighted by Gasteiger charge is 2.33. The van der Waals surface area contributed by atoms with Gasteiger partial charge in [0.2, 0.25) is 0 Å². The second kappa shape index (κ2) is 7.60. The smallest absolute Gasteiger partial charge is 0.412 e. The third-order valence-corrected chi connectivity index (χ3v) is 6.22. The minimum absolute atomic E-state index is 0.0947. The Balaban J connectivity index is 1.52. The number of carbonyl (C=O) groups excluding carboxylic acids is 1. The molecule has 0 saturated heterocycles. The highest BCUT2D eigenvalue weighted by atomic mass is 32.2. The maximum Gasteiger partial charge on any atom is 0.412 e. The minimum Gasteiger partial charge on any atom is -0.494 e. The SMILES string of the molecule is CC1(C)OC(=O)Nc2ccc(OCCCCS(=O)(=O)c3ccccc3)cc21. The largest absolute Gasteiger partial charge is 0.494 e. The topological polar surface area (TPSA) is 81.7 Å². The summed E-state index contributed by atoms with van der Waals surface area (Å²) in [5.74, 6) is 0.754. The number of unbranched alkanes of at least 4 members (excludes halogenated alkanes) is 1. The Morgan fingerprint density at radius 1 is 1.07 bits per heavy atom. The molecule has 0 bridgehead atoms. The average Bonchev–Trinajstić information content (AvgIpc) is 2.62. The molecule has 0 saturated carbocycles. The molecule has 1 heterocycles. The predicted octanol–water partition coefficient (Wildman–Crippen LogP) is 4.12. The van der Waals surface area contributed by atoms with Gasteiger partial charge in [-0.1, -0.05) is 18.2 Å². The van der Waals surface area contributed by atoms with Crippen LogP contribution in [0.5, 0.6) is 5.75 Å². The molecule has 7 heteroatoms. The molecule has 0 aromatic heterocycles. The number of sulfone groups is 1. The number of rotatable bonds is 7. The molecule has 1 aliphatic rings. The molecule has 0 radical (unpaired) electrons. The number of amides is 1. The summed E-state index contributed by atoms with van der Waals surface area (Å²) in [6.07, 6.45) is 0.674.